The van der Waals surface area contributed by atoms with Crippen molar-refractivity contribution in [2.24, 2.45) is 0 Å². The van der Waals surface area contributed by atoms with Gasteiger partial charge in [0.05, 0.1) is 0 Å². The van der Waals surface area contributed by atoms with E-state index < -0.39 is 0 Å². The van der Waals surface area contributed by atoms with Gasteiger partial charge in [-0.2, -0.15) is 0 Å². The smallest absolute Gasteiger partial charge is 0.119 e. The number of allylic oxidation sites excluding steroid dienone is 4. The van der Waals surface area contributed by atoms with E-state index in [4.69, 9.17) is 0 Å². The van der Waals surface area contributed by atoms with Crippen LogP contribution in [0, 0.1) is 0 Å². The number of aldehydes is 1. The lowest BCUT2D eigenvalue weighted by Gasteiger charge is -1.98. The first-order chi connectivity index (χ1) is 9.91. The molecular weight excluding hydrogens is 244 g/mol. The highest BCUT2D eigenvalue weighted by molar-refractivity contribution is 5.48. The molecule has 0 amide bonds. The lowest BCUT2D eigenvalue weighted by molar-refractivity contribution is -0.107. The van der Waals surface area contributed by atoms with Crippen molar-refractivity contribution in [1.82, 2.24) is 0 Å². The maximum absolute atomic E-state index is 10.1. The molecule has 0 radical (unpaired) electrons. The van der Waals surface area contributed by atoms with Crippen LogP contribution in [0.5, 0.6) is 0 Å². The van der Waals surface area contributed by atoms with Crippen molar-refractivity contribution in [2.45, 2.75) is 90.4 Å². The maximum atomic E-state index is 10.1. The molecule has 0 bridgehead atoms. The van der Waals surface area contributed by atoms with Gasteiger partial charge < -0.3 is 4.79 Å². The second-order valence-corrected chi connectivity index (χ2v) is 5.54. The summed E-state index contributed by atoms with van der Waals surface area (Å²) in [5.41, 5.74) is 0. The van der Waals surface area contributed by atoms with Crippen LogP contribution in [0.2, 0.25) is 0 Å². The molecule has 0 fully saturated rings. The van der Waals surface area contributed by atoms with Crippen LogP contribution >= 0.6 is 0 Å². The first kappa shape index (κ1) is 19.1. The molecule has 0 atom stereocenters. The van der Waals surface area contributed by atoms with E-state index in [1.807, 2.05) is 0 Å². The molecule has 0 saturated carbocycles. The van der Waals surface area contributed by atoms with Crippen molar-refractivity contribution < 1.29 is 4.79 Å². The van der Waals surface area contributed by atoms with Gasteiger partial charge in [-0.3, -0.25) is 0 Å². The number of hydrogen-bond acceptors (Lipinski definition) is 1. The Hall–Kier alpha value is -0.850. The summed E-state index contributed by atoms with van der Waals surface area (Å²) in [6.45, 7) is 2.25. The topological polar surface area (TPSA) is 17.1 Å². The number of rotatable bonds is 15. The van der Waals surface area contributed by atoms with Crippen LogP contribution in [0.25, 0.3) is 0 Å². The summed E-state index contributed by atoms with van der Waals surface area (Å²) in [6.07, 6.45) is 26.1. The van der Waals surface area contributed by atoms with Crippen LogP contribution in [0.15, 0.2) is 24.3 Å². The first-order valence-electron chi connectivity index (χ1n) is 8.65. The summed E-state index contributed by atoms with van der Waals surface area (Å²) >= 11 is 0. The van der Waals surface area contributed by atoms with E-state index in [9.17, 15) is 4.79 Å². The minimum atomic E-state index is 0.745. The molecule has 20 heavy (non-hydrogen) atoms. The average molecular weight is 278 g/mol. The Kier molecular flexibility index (Phi) is 17.4. The molecule has 0 rings (SSSR count). The Morgan fingerprint density at radius 2 is 1.10 bits per heavy atom. The Morgan fingerprint density at radius 1 is 0.600 bits per heavy atom. The zero-order valence-corrected chi connectivity index (χ0v) is 13.5. The molecule has 1 nitrogen and oxygen atoms in total. The highest BCUT2D eigenvalue weighted by Gasteiger charge is 1.90. The molecule has 0 aliphatic carbocycles. The number of unbranched alkanes of at least 4 members (excludes halogenated alkanes) is 10. The normalized spacial score (nSPS) is 11.7. The Balaban J connectivity index is 3.13. The van der Waals surface area contributed by atoms with Gasteiger partial charge in [0.15, 0.2) is 0 Å². The second-order valence-electron chi connectivity index (χ2n) is 5.54. The average Bonchev–Trinajstić information content (AvgIpc) is 2.47. The van der Waals surface area contributed by atoms with Crippen LogP contribution in [0.3, 0.4) is 0 Å². The fourth-order valence-electron chi connectivity index (χ4n) is 2.22. The SMILES string of the molecule is CCCCC/C=C\C/C=C\CCCCCCCCC=O. The van der Waals surface area contributed by atoms with Gasteiger partial charge in [0.25, 0.3) is 0 Å². The van der Waals surface area contributed by atoms with Gasteiger partial charge in [-0.25, -0.2) is 0 Å². The zero-order valence-electron chi connectivity index (χ0n) is 13.5. The van der Waals surface area contributed by atoms with Crippen LogP contribution in [-0.4, -0.2) is 6.29 Å². The minimum absolute atomic E-state index is 0.745. The van der Waals surface area contributed by atoms with Gasteiger partial charge in [0.1, 0.15) is 6.29 Å². The molecular formula is C19H34O. The molecule has 0 aliphatic heterocycles. The lowest BCUT2D eigenvalue weighted by Crippen LogP contribution is -1.80. The summed E-state index contributed by atoms with van der Waals surface area (Å²) in [5, 5.41) is 0. The Morgan fingerprint density at radius 3 is 1.65 bits per heavy atom. The summed E-state index contributed by atoms with van der Waals surface area (Å²) < 4.78 is 0. The van der Waals surface area contributed by atoms with Gasteiger partial charge in [-0.15, -0.1) is 0 Å². The van der Waals surface area contributed by atoms with E-state index in [0.717, 1.165) is 25.5 Å². The molecule has 0 heterocycles. The van der Waals surface area contributed by atoms with E-state index in [2.05, 4.69) is 31.2 Å². The maximum Gasteiger partial charge on any atom is 0.119 e. The first-order valence-corrected chi connectivity index (χ1v) is 8.65. The molecule has 1 heteroatoms. The Labute approximate surface area is 126 Å². The molecule has 116 valence electrons. The molecule has 0 aromatic carbocycles. The number of carbonyl (C=O) groups excluding carboxylic acids is 1. The summed E-state index contributed by atoms with van der Waals surface area (Å²) in [4.78, 5) is 10.1. The summed E-state index contributed by atoms with van der Waals surface area (Å²) in [5.74, 6) is 0. The third-order valence-corrected chi connectivity index (χ3v) is 3.52. The van der Waals surface area contributed by atoms with Crippen LogP contribution < -0.4 is 0 Å². The molecule has 0 aliphatic rings. The monoisotopic (exact) mass is 278 g/mol. The van der Waals surface area contributed by atoms with Gasteiger partial charge in [0.2, 0.25) is 0 Å². The fraction of sp³-hybridized carbons (Fsp3) is 0.737. The molecule has 0 saturated heterocycles. The largest absolute Gasteiger partial charge is 0.303 e. The predicted octanol–water partition coefficient (Wildman–Crippen LogP) is 6.39. The lowest BCUT2D eigenvalue weighted by atomic mass is 10.1. The third kappa shape index (κ3) is 17.2. The standard InChI is InChI=1S/C19H34O/c1-2-3-4-5-6-7-8-9-10-11-12-13-14-15-16-17-18-19-20/h6-7,9-10,19H,2-5,8,11-18H2,1H3/b7-6-,10-9-. The zero-order chi connectivity index (χ0) is 14.7. The van der Waals surface area contributed by atoms with Crippen molar-refractivity contribution in [3.05, 3.63) is 24.3 Å². The fourth-order valence-corrected chi connectivity index (χ4v) is 2.22. The number of hydrogen-bond donors (Lipinski definition) is 0. The molecule has 0 aromatic rings. The Bertz CT molecular complexity index is 240. The van der Waals surface area contributed by atoms with Crippen molar-refractivity contribution >= 4 is 6.29 Å². The molecule has 0 N–H and O–H groups in total. The summed E-state index contributed by atoms with van der Waals surface area (Å²) in [7, 11) is 0. The minimum Gasteiger partial charge on any atom is -0.303 e. The number of carbonyl (C=O) groups is 1. The second kappa shape index (κ2) is 18.1. The third-order valence-electron chi connectivity index (χ3n) is 3.52. The van der Waals surface area contributed by atoms with E-state index in [1.165, 1.54) is 64.2 Å². The van der Waals surface area contributed by atoms with Crippen LogP contribution in [0.1, 0.15) is 90.4 Å². The van der Waals surface area contributed by atoms with Gasteiger partial charge in [0, 0.05) is 6.42 Å². The molecule has 0 aromatic heterocycles. The van der Waals surface area contributed by atoms with Crippen LogP contribution in [-0.2, 0) is 4.79 Å². The predicted molar refractivity (Wildman–Crippen MR) is 90.0 cm³/mol. The highest BCUT2D eigenvalue weighted by atomic mass is 16.1. The van der Waals surface area contributed by atoms with Gasteiger partial charge >= 0.3 is 0 Å². The van der Waals surface area contributed by atoms with Crippen molar-refractivity contribution in [1.29, 1.82) is 0 Å². The quantitative estimate of drug-likeness (QED) is 0.193. The van der Waals surface area contributed by atoms with E-state index in [1.54, 1.807) is 0 Å². The summed E-state index contributed by atoms with van der Waals surface area (Å²) in [6, 6.07) is 0. The highest BCUT2D eigenvalue weighted by Crippen LogP contribution is 2.08. The van der Waals surface area contributed by atoms with Crippen LogP contribution in [0.4, 0.5) is 0 Å². The molecule has 0 unspecified atom stereocenters. The van der Waals surface area contributed by atoms with Crippen molar-refractivity contribution in [3.63, 3.8) is 0 Å². The van der Waals surface area contributed by atoms with Crippen molar-refractivity contribution in [2.75, 3.05) is 0 Å². The van der Waals surface area contributed by atoms with Crippen molar-refractivity contribution in [3.8, 4) is 0 Å². The van der Waals surface area contributed by atoms with Gasteiger partial charge in [-0.1, -0.05) is 69.8 Å². The van der Waals surface area contributed by atoms with Gasteiger partial charge in [-0.05, 0) is 38.5 Å². The molecule has 0 spiro atoms. The van der Waals surface area contributed by atoms with E-state index in [-0.39, 0.29) is 0 Å². The van der Waals surface area contributed by atoms with E-state index >= 15 is 0 Å². The van der Waals surface area contributed by atoms with E-state index in [0.29, 0.717) is 0 Å².